The van der Waals surface area contributed by atoms with Crippen molar-refractivity contribution in [1.29, 1.82) is 0 Å². The van der Waals surface area contributed by atoms with Gasteiger partial charge in [-0.05, 0) is 49.1 Å². The van der Waals surface area contributed by atoms with Crippen LogP contribution in [0.2, 0.25) is 5.02 Å². The monoisotopic (exact) mass is 331 g/mol. The zero-order valence-corrected chi connectivity index (χ0v) is 14.1. The number of aryl methyl sites for hydroxylation is 1. The minimum Gasteiger partial charge on any atom is -0.494 e. The molecule has 2 aromatic carbocycles. The molecular formula is C19H22ClNO2. The van der Waals surface area contributed by atoms with Gasteiger partial charge in [0.15, 0.2) is 0 Å². The second kappa shape index (κ2) is 9.21. The SMILES string of the molecule is CCOc1ccc(CCCNC(=O)Cc2ccccc2Cl)cc1. The highest BCUT2D eigenvalue weighted by molar-refractivity contribution is 6.31. The first-order valence-electron chi connectivity index (χ1n) is 7.91. The average molecular weight is 332 g/mol. The molecule has 2 aromatic rings. The van der Waals surface area contributed by atoms with Crippen LogP contribution in [0.25, 0.3) is 0 Å². The van der Waals surface area contributed by atoms with E-state index in [1.807, 2.05) is 37.3 Å². The number of ether oxygens (including phenoxy) is 1. The Hall–Kier alpha value is -2.00. The predicted octanol–water partition coefficient (Wildman–Crippen LogP) is 4.03. The molecule has 0 radical (unpaired) electrons. The molecule has 0 spiro atoms. The van der Waals surface area contributed by atoms with Gasteiger partial charge in [-0.1, -0.05) is 41.9 Å². The van der Waals surface area contributed by atoms with E-state index >= 15 is 0 Å². The van der Waals surface area contributed by atoms with Gasteiger partial charge in [-0.15, -0.1) is 0 Å². The Morgan fingerprint density at radius 1 is 1.13 bits per heavy atom. The van der Waals surface area contributed by atoms with Crippen molar-refractivity contribution in [2.45, 2.75) is 26.2 Å². The topological polar surface area (TPSA) is 38.3 Å². The third-order valence-electron chi connectivity index (χ3n) is 3.51. The van der Waals surface area contributed by atoms with Gasteiger partial charge in [-0.3, -0.25) is 4.79 Å². The van der Waals surface area contributed by atoms with E-state index in [1.165, 1.54) is 5.56 Å². The molecular weight excluding hydrogens is 310 g/mol. The number of amides is 1. The van der Waals surface area contributed by atoms with Crippen LogP contribution in [0.1, 0.15) is 24.5 Å². The third-order valence-corrected chi connectivity index (χ3v) is 3.88. The number of benzene rings is 2. The Labute approximate surface area is 142 Å². The van der Waals surface area contributed by atoms with Crippen molar-refractivity contribution in [3.63, 3.8) is 0 Å². The lowest BCUT2D eigenvalue weighted by atomic mass is 10.1. The summed E-state index contributed by atoms with van der Waals surface area (Å²) in [6, 6.07) is 15.5. The lowest BCUT2D eigenvalue weighted by Gasteiger charge is -2.07. The van der Waals surface area contributed by atoms with Crippen LogP contribution in [0.15, 0.2) is 48.5 Å². The first-order valence-corrected chi connectivity index (χ1v) is 8.28. The molecule has 0 aliphatic heterocycles. The molecule has 3 nitrogen and oxygen atoms in total. The number of carbonyl (C=O) groups is 1. The molecule has 4 heteroatoms. The molecule has 122 valence electrons. The number of halogens is 1. The number of nitrogens with one attached hydrogen (secondary N) is 1. The summed E-state index contributed by atoms with van der Waals surface area (Å²) in [5.41, 5.74) is 2.10. The zero-order chi connectivity index (χ0) is 16.5. The molecule has 0 bridgehead atoms. The summed E-state index contributed by atoms with van der Waals surface area (Å²) >= 11 is 6.05. The fourth-order valence-corrected chi connectivity index (χ4v) is 2.52. The molecule has 0 aromatic heterocycles. The van der Waals surface area contributed by atoms with Crippen LogP contribution in [-0.2, 0) is 17.6 Å². The van der Waals surface area contributed by atoms with Gasteiger partial charge in [0, 0.05) is 11.6 Å². The van der Waals surface area contributed by atoms with E-state index in [0.717, 1.165) is 24.2 Å². The summed E-state index contributed by atoms with van der Waals surface area (Å²) in [5, 5.41) is 3.57. The van der Waals surface area contributed by atoms with Crippen LogP contribution in [0, 0.1) is 0 Å². The highest BCUT2D eigenvalue weighted by Gasteiger charge is 2.05. The van der Waals surface area contributed by atoms with Crippen molar-refractivity contribution in [1.82, 2.24) is 5.32 Å². The number of hydrogen-bond acceptors (Lipinski definition) is 2. The Balaban J connectivity index is 1.68. The minimum atomic E-state index is 0.00444. The second-order valence-corrected chi connectivity index (χ2v) is 5.71. The van der Waals surface area contributed by atoms with Crippen LogP contribution in [0.4, 0.5) is 0 Å². The van der Waals surface area contributed by atoms with Gasteiger partial charge < -0.3 is 10.1 Å². The quantitative estimate of drug-likeness (QED) is 0.742. The first kappa shape index (κ1) is 17.4. The van der Waals surface area contributed by atoms with Crippen LogP contribution in [0.3, 0.4) is 0 Å². The van der Waals surface area contributed by atoms with Crippen molar-refractivity contribution in [3.05, 3.63) is 64.7 Å². The Morgan fingerprint density at radius 3 is 2.57 bits per heavy atom. The minimum absolute atomic E-state index is 0.00444. The summed E-state index contributed by atoms with van der Waals surface area (Å²) < 4.78 is 5.42. The maximum absolute atomic E-state index is 11.9. The van der Waals surface area contributed by atoms with Crippen molar-refractivity contribution in [2.24, 2.45) is 0 Å². The lowest BCUT2D eigenvalue weighted by Crippen LogP contribution is -2.26. The van der Waals surface area contributed by atoms with E-state index in [4.69, 9.17) is 16.3 Å². The zero-order valence-electron chi connectivity index (χ0n) is 13.3. The Morgan fingerprint density at radius 2 is 1.87 bits per heavy atom. The summed E-state index contributed by atoms with van der Waals surface area (Å²) in [5.74, 6) is 0.897. The molecule has 0 fully saturated rings. The number of hydrogen-bond donors (Lipinski definition) is 1. The molecule has 0 saturated carbocycles. The van der Waals surface area contributed by atoms with E-state index in [2.05, 4.69) is 17.4 Å². The highest BCUT2D eigenvalue weighted by atomic mass is 35.5. The van der Waals surface area contributed by atoms with Crippen molar-refractivity contribution >= 4 is 17.5 Å². The number of rotatable bonds is 8. The van der Waals surface area contributed by atoms with Crippen molar-refractivity contribution < 1.29 is 9.53 Å². The number of carbonyl (C=O) groups excluding carboxylic acids is 1. The molecule has 2 rings (SSSR count). The van der Waals surface area contributed by atoms with Gasteiger partial charge in [0.2, 0.25) is 5.91 Å². The highest BCUT2D eigenvalue weighted by Crippen LogP contribution is 2.15. The largest absolute Gasteiger partial charge is 0.494 e. The van der Waals surface area contributed by atoms with Crippen molar-refractivity contribution in [2.75, 3.05) is 13.2 Å². The standard InChI is InChI=1S/C19H22ClNO2/c1-2-23-17-11-9-15(10-12-17)6-5-13-21-19(22)14-16-7-3-4-8-18(16)20/h3-4,7-12H,2,5-6,13-14H2,1H3,(H,21,22). The third kappa shape index (κ3) is 5.95. The van der Waals surface area contributed by atoms with Gasteiger partial charge in [-0.2, -0.15) is 0 Å². The summed E-state index contributed by atoms with van der Waals surface area (Å²) in [6.45, 7) is 3.31. The van der Waals surface area contributed by atoms with E-state index in [-0.39, 0.29) is 5.91 Å². The van der Waals surface area contributed by atoms with E-state index in [9.17, 15) is 4.79 Å². The smallest absolute Gasteiger partial charge is 0.224 e. The summed E-state index contributed by atoms with van der Waals surface area (Å²) in [4.78, 5) is 11.9. The average Bonchev–Trinajstić information content (AvgIpc) is 2.55. The summed E-state index contributed by atoms with van der Waals surface area (Å²) in [6.07, 6.45) is 2.16. The molecule has 0 heterocycles. The maximum Gasteiger partial charge on any atom is 0.224 e. The molecule has 0 atom stereocenters. The molecule has 1 N–H and O–H groups in total. The van der Waals surface area contributed by atoms with Gasteiger partial charge in [-0.25, -0.2) is 0 Å². The molecule has 0 aliphatic rings. The Bertz CT molecular complexity index is 626. The molecule has 0 aliphatic carbocycles. The molecule has 0 unspecified atom stereocenters. The second-order valence-electron chi connectivity index (χ2n) is 5.30. The van der Waals surface area contributed by atoms with E-state index < -0.39 is 0 Å². The lowest BCUT2D eigenvalue weighted by molar-refractivity contribution is -0.120. The van der Waals surface area contributed by atoms with E-state index in [1.54, 1.807) is 6.07 Å². The van der Waals surface area contributed by atoms with Crippen LogP contribution in [0.5, 0.6) is 5.75 Å². The maximum atomic E-state index is 11.9. The van der Waals surface area contributed by atoms with Crippen LogP contribution in [-0.4, -0.2) is 19.1 Å². The van der Waals surface area contributed by atoms with E-state index in [0.29, 0.717) is 24.6 Å². The molecule has 0 saturated heterocycles. The van der Waals surface area contributed by atoms with Gasteiger partial charge in [0.1, 0.15) is 5.75 Å². The van der Waals surface area contributed by atoms with Crippen LogP contribution >= 0.6 is 11.6 Å². The first-order chi connectivity index (χ1) is 11.2. The fourth-order valence-electron chi connectivity index (χ4n) is 2.32. The fraction of sp³-hybridized carbons (Fsp3) is 0.316. The van der Waals surface area contributed by atoms with Crippen LogP contribution < -0.4 is 10.1 Å². The molecule has 23 heavy (non-hydrogen) atoms. The Kier molecular flexibility index (Phi) is 6.95. The van der Waals surface area contributed by atoms with Gasteiger partial charge in [0.05, 0.1) is 13.0 Å². The predicted molar refractivity (Wildman–Crippen MR) is 94.1 cm³/mol. The van der Waals surface area contributed by atoms with Crippen molar-refractivity contribution in [3.8, 4) is 5.75 Å². The summed E-state index contributed by atoms with van der Waals surface area (Å²) in [7, 11) is 0. The van der Waals surface area contributed by atoms with Gasteiger partial charge in [0.25, 0.3) is 0 Å². The molecule has 1 amide bonds. The van der Waals surface area contributed by atoms with Gasteiger partial charge >= 0.3 is 0 Å². The normalized spacial score (nSPS) is 10.3.